The Kier molecular flexibility index (Phi) is 5.05. The summed E-state index contributed by atoms with van der Waals surface area (Å²) in [7, 11) is 1.53. The Bertz CT molecular complexity index is 559. The van der Waals surface area contributed by atoms with Gasteiger partial charge in [-0.05, 0) is 13.8 Å². The monoisotopic (exact) mass is 294 g/mol. The van der Waals surface area contributed by atoms with Crippen LogP contribution in [0.3, 0.4) is 0 Å². The first kappa shape index (κ1) is 14.4. The van der Waals surface area contributed by atoms with Crippen LogP contribution in [0.1, 0.15) is 17.6 Å². The fraction of sp³-hybridized carbons (Fsp3) is 0.500. The molecule has 7 nitrogen and oxygen atoms in total. The van der Waals surface area contributed by atoms with E-state index in [-0.39, 0.29) is 0 Å². The van der Waals surface area contributed by atoms with Crippen LogP contribution in [-0.2, 0) is 6.42 Å². The third-order valence-corrected chi connectivity index (χ3v) is 3.45. The highest BCUT2D eigenvalue weighted by molar-refractivity contribution is 7.09. The molecule has 0 aliphatic carbocycles. The molecule has 0 aliphatic heterocycles. The van der Waals surface area contributed by atoms with Gasteiger partial charge in [0.2, 0.25) is 11.9 Å². The van der Waals surface area contributed by atoms with Crippen LogP contribution in [0.25, 0.3) is 0 Å². The molecule has 20 heavy (non-hydrogen) atoms. The Morgan fingerprint density at radius 2 is 1.90 bits per heavy atom. The topological polar surface area (TPSA) is 84.9 Å². The van der Waals surface area contributed by atoms with Crippen molar-refractivity contribution in [2.24, 2.45) is 0 Å². The lowest BCUT2D eigenvalue weighted by Crippen LogP contribution is -2.12. The van der Waals surface area contributed by atoms with E-state index in [4.69, 9.17) is 4.74 Å². The van der Waals surface area contributed by atoms with Crippen LogP contribution in [0.4, 0.5) is 11.9 Å². The van der Waals surface area contributed by atoms with Crippen molar-refractivity contribution in [1.82, 2.24) is 19.9 Å². The van der Waals surface area contributed by atoms with Crippen LogP contribution in [0, 0.1) is 6.92 Å². The zero-order chi connectivity index (χ0) is 14.4. The van der Waals surface area contributed by atoms with Crippen molar-refractivity contribution < 1.29 is 4.74 Å². The Balaban J connectivity index is 1.95. The van der Waals surface area contributed by atoms with E-state index in [1.807, 2.05) is 19.2 Å². The van der Waals surface area contributed by atoms with Gasteiger partial charge in [0.15, 0.2) is 0 Å². The number of nitrogens with one attached hydrogen (secondary N) is 2. The van der Waals surface area contributed by atoms with Crippen molar-refractivity contribution >= 4 is 23.2 Å². The number of anilines is 2. The van der Waals surface area contributed by atoms with E-state index in [0.29, 0.717) is 24.5 Å². The van der Waals surface area contributed by atoms with Crippen molar-refractivity contribution in [2.45, 2.75) is 20.3 Å². The smallest absolute Gasteiger partial charge is 0.322 e. The molecule has 0 saturated carbocycles. The normalized spacial score (nSPS) is 10.3. The summed E-state index contributed by atoms with van der Waals surface area (Å²) < 4.78 is 5.06. The van der Waals surface area contributed by atoms with Gasteiger partial charge in [0.1, 0.15) is 0 Å². The lowest BCUT2D eigenvalue weighted by atomic mass is 10.4. The van der Waals surface area contributed by atoms with Crippen LogP contribution in [-0.4, -0.2) is 40.1 Å². The van der Waals surface area contributed by atoms with Gasteiger partial charge in [-0.2, -0.15) is 15.0 Å². The van der Waals surface area contributed by atoms with Crippen LogP contribution >= 0.6 is 11.3 Å². The summed E-state index contributed by atoms with van der Waals surface area (Å²) in [6, 6.07) is 0.295. The molecule has 2 N–H and O–H groups in total. The number of rotatable bonds is 7. The fourth-order valence-corrected chi connectivity index (χ4v) is 2.34. The maximum Gasteiger partial charge on any atom is 0.322 e. The zero-order valence-electron chi connectivity index (χ0n) is 11.8. The first-order valence-electron chi connectivity index (χ1n) is 6.40. The van der Waals surface area contributed by atoms with Crippen LogP contribution in [0.5, 0.6) is 6.01 Å². The van der Waals surface area contributed by atoms with E-state index >= 15 is 0 Å². The molecule has 0 aliphatic rings. The molecule has 0 radical (unpaired) electrons. The predicted molar refractivity (Wildman–Crippen MR) is 79.6 cm³/mol. The van der Waals surface area contributed by atoms with Crippen molar-refractivity contribution in [2.75, 3.05) is 30.8 Å². The summed E-state index contributed by atoms with van der Waals surface area (Å²) in [5, 5.41) is 9.35. The second kappa shape index (κ2) is 6.99. The number of hydrogen-bond donors (Lipinski definition) is 2. The fourth-order valence-electron chi connectivity index (χ4n) is 1.56. The van der Waals surface area contributed by atoms with Gasteiger partial charge < -0.3 is 15.4 Å². The third-order valence-electron chi connectivity index (χ3n) is 2.42. The number of hydrogen-bond acceptors (Lipinski definition) is 8. The highest BCUT2D eigenvalue weighted by atomic mass is 32.1. The SMILES string of the molecule is CCNc1nc(NCCc2nc(C)cs2)nc(OC)n1. The molecule has 0 spiro atoms. The summed E-state index contributed by atoms with van der Waals surface area (Å²) >= 11 is 1.66. The summed E-state index contributed by atoms with van der Waals surface area (Å²) in [5.41, 5.74) is 1.06. The molecule has 2 aromatic heterocycles. The Labute approximate surface area is 121 Å². The average molecular weight is 294 g/mol. The largest absolute Gasteiger partial charge is 0.467 e. The number of thiazole rings is 1. The van der Waals surface area contributed by atoms with Gasteiger partial charge in [-0.1, -0.05) is 0 Å². The summed E-state index contributed by atoms with van der Waals surface area (Å²) in [4.78, 5) is 16.9. The number of aryl methyl sites for hydroxylation is 1. The van der Waals surface area contributed by atoms with E-state index < -0.39 is 0 Å². The zero-order valence-corrected chi connectivity index (χ0v) is 12.6. The standard InChI is InChI=1S/C12H18N6OS/c1-4-13-10-16-11(18-12(17-10)19-3)14-6-5-9-15-8(2)7-20-9/h7H,4-6H2,1-3H3,(H2,13,14,16,17,18). The Hall–Kier alpha value is -1.96. The lowest BCUT2D eigenvalue weighted by Gasteiger charge is -2.07. The van der Waals surface area contributed by atoms with E-state index in [9.17, 15) is 0 Å². The molecule has 0 saturated heterocycles. The molecule has 2 rings (SSSR count). The Morgan fingerprint density at radius 3 is 2.50 bits per heavy atom. The molecule has 0 fully saturated rings. The van der Waals surface area contributed by atoms with Gasteiger partial charge >= 0.3 is 6.01 Å². The molecule has 0 atom stereocenters. The van der Waals surface area contributed by atoms with Gasteiger partial charge in [0.25, 0.3) is 0 Å². The maximum absolute atomic E-state index is 5.06. The lowest BCUT2D eigenvalue weighted by molar-refractivity contribution is 0.379. The molecule has 0 amide bonds. The predicted octanol–water partition coefficient (Wildman–Crippen LogP) is 1.73. The van der Waals surface area contributed by atoms with E-state index in [2.05, 4.69) is 30.6 Å². The minimum atomic E-state index is 0.295. The van der Waals surface area contributed by atoms with E-state index in [1.165, 1.54) is 7.11 Å². The molecule has 0 bridgehead atoms. The number of aromatic nitrogens is 4. The van der Waals surface area contributed by atoms with Crippen molar-refractivity contribution in [3.8, 4) is 6.01 Å². The van der Waals surface area contributed by atoms with Gasteiger partial charge in [-0.25, -0.2) is 4.98 Å². The first-order valence-corrected chi connectivity index (χ1v) is 7.28. The van der Waals surface area contributed by atoms with Crippen LogP contribution in [0.2, 0.25) is 0 Å². The van der Waals surface area contributed by atoms with Crippen LogP contribution in [0.15, 0.2) is 5.38 Å². The van der Waals surface area contributed by atoms with Crippen molar-refractivity contribution in [3.63, 3.8) is 0 Å². The molecule has 2 heterocycles. The molecular formula is C12H18N6OS. The molecule has 0 unspecified atom stereocenters. The van der Waals surface area contributed by atoms with Gasteiger partial charge in [0, 0.05) is 30.6 Å². The molecule has 108 valence electrons. The van der Waals surface area contributed by atoms with Crippen molar-refractivity contribution in [1.29, 1.82) is 0 Å². The van der Waals surface area contributed by atoms with Gasteiger partial charge in [-0.15, -0.1) is 11.3 Å². The average Bonchev–Trinajstić information content (AvgIpc) is 2.84. The second-order valence-electron chi connectivity index (χ2n) is 4.06. The molecular weight excluding hydrogens is 276 g/mol. The van der Waals surface area contributed by atoms with Crippen LogP contribution < -0.4 is 15.4 Å². The summed E-state index contributed by atoms with van der Waals surface area (Å²) in [5.74, 6) is 1.01. The van der Waals surface area contributed by atoms with Gasteiger partial charge in [0.05, 0.1) is 12.1 Å². The Morgan fingerprint density at radius 1 is 1.15 bits per heavy atom. The number of methoxy groups -OCH3 is 1. The molecule has 8 heteroatoms. The van der Waals surface area contributed by atoms with Gasteiger partial charge in [-0.3, -0.25) is 0 Å². The minimum absolute atomic E-state index is 0.295. The minimum Gasteiger partial charge on any atom is -0.467 e. The first-order chi connectivity index (χ1) is 9.71. The molecule has 0 aromatic carbocycles. The van der Waals surface area contributed by atoms with E-state index in [1.54, 1.807) is 11.3 Å². The van der Waals surface area contributed by atoms with E-state index in [0.717, 1.165) is 23.7 Å². The quantitative estimate of drug-likeness (QED) is 0.804. The number of ether oxygens (including phenoxy) is 1. The third kappa shape index (κ3) is 4.02. The van der Waals surface area contributed by atoms with Crippen molar-refractivity contribution in [3.05, 3.63) is 16.1 Å². The summed E-state index contributed by atoms with van der Waals surface area (Å²) in [6.45, 7) is 5.43. The second-order valence-corrected chi connectivity index (χ2v) is 5.00. The maximum atomic E-state index is 5.06. The highest BCUT2D eigenvalue weighted by Gasteiger charge is 2.06. The number of nitrogens with zero attached hydrogens (tertiary/aromatic N) is 4. The summed E-state index contributed by atoms with van der Waals surface area (Å²) in [6.07, 6.45) is 0.836. The molecule has 2 aromatic rings. The highest BCUT2D eigenvalue weighted by Crippen LogP contribution is 2.12.